The molecule has 0 saturated carbocycles. The fourth-order valence-electron chi connectivity index (χ4n) is 0.157. The Balaban J connectivity index is 3.11. The van der Waals surface area contributed by atoms with Gasteiger partial charge in [0.1, 0.15) is 6.61 Å². The zero-order valence-corrected chi connectivity index (χ0v) is 5.06. The summed E-state index contributed by atoms with van der Waals surface area (Å²) >= 11 is 0. The molecule has 4 nitrogen and oxygen atoms in total. The van der Waals surface area contributed by atoms with E-state index in [2.05, 4.69) is 4.52 Å². The average molecular weight is 135 g/mol. The van der Waals surface area contributed by atoms with Crippen molar-refractivity contribution in [2.45, 2.75) is 0 Å². The van der Waals surface area contributed by atoms with Crippen molar-refractivity contribution in [2.75, 3.05) is 13.2 Å². The van der Waals surface area contributed by atoms with Crippen LogP contribution >= 0.6 is 8.69 Å². The predicted molar refractivity (Wildman–Crippen MR) is 27.6 cm³/mol. The standard InChI is InChI=1S/C3H6NO3P/c4-1-3(5)2-7-8-6/h1-2,4H2. The Hall–Kier alpha value is -0.310. The average Bonchev–Trinajstić information content (AvgIpc) is 1.83. The van der Waals surface area contributed by atoms with Gasteiger partial charge in [0.15, 0.2) is 5.78 Å². The van der Waals surface area contributed by atoms with E-state index in [4.69, 9.17) is 5.73 Å². The van der Waals surface area contributed by atoms with Crippen LogP contribution in [0.4, 0.5) is 0 Å². The van der Waals surface area contributed by atoms with Crippen molar-refractivity contribution in [1.29, 1.82) is 0 Å². The molecular formula is C3H6NO3P. The molecule has 0 unspecified atom stereocenters. The molecule has 46 valence electrons. The lowest BCUT2D eigenvalue weighted by Crippen LogP contribution is -2.16. The topological polar surface area (TPSA) is 69.4 Å². The lowest BCUT2D eigenvalue weighted by Gasteiger charge is -1.87. The summed E-state index contributed by atoms with van der Waals surface area (Å²) in [6.07, 6.45) is 0. The Morgan fingerprint density at radius 2 is 2.38 bits per heavy atom. The number of nitrogens with two attached hydrogens (primary N) is 1. The Bertz CT molecular complexity index is 94.5. The van der Waals surface area contributed by atoms with Crippen LogP contribution in [0.25, 0.3) is 0 Å². The van der Waals surface area contributed by atoms with Crippen molar-refractivity contribution in [1.82, 2.24) is 0 Å². The van der Waals surface area contributed by atoms with Crippen LogP contribution in [-0.4, -0.2) is 18.9 Å². The highest BCUT2D eigenvalue weighted by atomic mass is 31.1. The van der Waals surface area contributed by atoms with Gasteiger partial charge in [0.2, 0.25) is 0 Å². The van der Waals surface area contributed by atoms with Crippen LogP contribution in [0.1, 0.15) is 0 Å². The SMILES string of the molecule is NCC(=O)COP=O. The maximum absolute atomic E-state index is 10.2. The minimum atomic E-state index is -0.477. The van der Waals surface area contributed by atoms with Gasteiger partial charge in [-0.25, -0.2) is 4.57 Å². The van der Waals surface area contributed by atoms with Crippen LogP contribution in [0.5, 0.6) is 0 Å². The summed E-state index contributed by atoms with van der Waals surface area (Å²) in [7, 11) is -0.477. The number of hydrogen-bond acceptors (Lipinski definition) is 4. The van der Waals surface area contributed by atoms with Crippen LogP contribution < -0.4 is 5.73 Å². The van der Waals surface area contributed by atoms with Gasteiger partial charge in [0.25, 0.3) is 0 Å². The van der Waals surface area contributed by atoms with Gasteiger partial charge < -0.3 is 5.73 Å². The quantitative estimate of drug-likeness (QED) is 0.539. The smallest absolute Gasteiger partial charge is 0.324 e. The lowest BCUT2D eigenvalue weighted by molar-refractivity contribution is -0.119. The number of rotatable bonds is 4. The van der Waals surface area contributed by atoms with Crippen molar-refractivity contribution >= 4 is 14.5 Å². The first-order valence-electron chi connectivity index (χ1n) is 1.97. The van der Waals surface area contributed by atoms with E-state index in [-0.39, 0.29) is 18.9 Å². The molecule has 8 heavy (non-hydrogen) atoms. The van der Waals surface area contributed by atoms with E-state index in [0.29, 0.717) is 0 Å². The van der Waals surface area contributed by atoms with E-state index in [9.17, 15) is 9.36 Å². The van der Waals surface area contributed by atoms with Crippen LogP contribution in [0.15, 0.2) is 0 Å². The summed E-state index contributed by atoms with van der Waals surface area (Å²) in [6, 6.07) is 0. The molecule has 5 heteroatoms. The maximum atomic E-state index is 10.2. The molecular weight excluding hydrogens is 129 g/mol. The molecule has 0 aliphatic carbocycles. The number of carbonyl (C=O) groups is 1. The highest BCUT2D eigenvalue weighted by Crippen LogP contribution is 1.91. The van der Waals surface area contributed by atoms with Gasteiger partial charge in [-0.05, 0) is 0 Å². The summed E-state index contributed by atoms with van der Waals surface area (Å²) < 4.78 is 13.7. The highest BCUT2D eigenvalue weighted by molar-refractivity contribution is 7.17. The first kappa shape index (κ1) is 7.69. The van der Waals surface area contributed by atoms with E-state index >= 15 is 0 Å². The molecule has 0 aromatic carbocycles. The largest absolute Gasteiger partial charge is 0.327 e. The number of carbonyl (C=O) groups excluding carboxylic acids is 1. The summed E-state index contributed by atoms with van der Waals surface area (Å²) in [6.45, 7) is -0.225. The van der Waals surface area contributed by atoms with E-state index in [1.165, 1.54) is 0 Å². The second kappa shape index (κ2) is 4.84. The van der Waals surface area contributed by atoms with Crippen LogP contribution in [-0.2, 0) is 13.9 Å². The predicted octanol–water partition coefficient (Wildman–Crippen LogP) is -0.263. The molecule has 0 rings (SSSR count). The van der Waals surface area contributed by atoms with E-state index in [0.717, 1.165) is 0 Å². The fraction of sp³-hybridized carbons (Fsp3) is 0.667. The molecule has 0 radical (unpaired) electrons. The number of ketones is 1. The summed E-state index contributed by atoms with van der Waals surface area (Å²) in [4.78, 5) is 10.2. The van der Waals surface area contributed by atoms with Crippen LogP contribution in [0.2, 0.25) is 0 Å². The van der Waals surface area contributed by atoms with Gasteiger partial charge in [-0.2, -0.15) is 0 Å². The van der Waals surface area contributed by atoms with Gasteiger partial charge in [-0.1, -0.05) is 0 Å². The second-order valence-corrected chi connectivity index (χ2v) is 1.50. The third-order valence-corrected chi connectivity index (χ3v) is 0.740. The van der Waals surface area contributed by atoms with Gasteiger partial charge in [-0.3, -0.25) is 9.32 Å². The minimum Gasteiger partial charge on any atom is -0.324 e. The maximum Gasteiger partial charge on any atom is 0.327 e. The van der Waals surface area contributed by atoms with Gasteiger partial charge in [-0.15, -0.1) is 0 Å². The van der Waals surface area contributed by atoms with Crippen LogP contribution in [0.3, 0.4) is 0 Å². The highest BCUT2D eigenvalue weighted by Gasteiger charge is 1.95. The summed E-state index contributed by atoms with van der Waals surface area (Å²) in [5.41, 5.74) is 4.88. The molecule has 0 heterocycles. The number of Topliss-reactive ketones (excluding diaryl/α,β-unsaturated/α-hetero) is 1. The fourth-order valence-corrected chi connectivity index (χ4v) is 0.354. The van der Waals surface area contributed by atoms with Crippen molar-refractivity contribution in [2.24, 2.45) is 5.73 Å². The molecule has 0 aromatic rings. The van der Waals surface area contributed by atoms with Crippen molar-refractivity contribution in [3.63, 3.8) is 0 Å². The first-order chi connectivity index (χ1) is 3.81. The van der Waals surface area contributed by atoms with E-state index < -0.39 is 8.69 Å². The molecule has 0 aromatic heterocycles. The third-order valence-electron chi connectivity index (χ3n) is 0.506. The summed E-state index contributed by atoms with van der Waals surface area (Å²) in [5.74, 6) is -0.256. The zero-order chi connectivity index (χ0) is 6.41. The monoisotopic (exact) mass is 135 g/mol. The second-order valence-electron chi connectivity index (χ2n) is 1.09. The Morgan fingerprint density at radius 1 is 1.75 bits per heavy atom. The van der Waals surface area contributed by atoms with Crippen LogP contribution in [0, 0.1) is 0 Å². The molecule has 0 spiro atoms. The molecule has 0 amide bonds. The number of hydrogen-bond donors (Lipinski definition) is 1. The van der Waals surface area contributed by atoms with Gasteiger partial charge in [0.05, 0.1) is 6.54 Å². The molecule has 2 N–H and O–H groups in total. The van der Waals surface area contributed by atoms with Crippen molar-refractivity contribution in [3.8, 4) is 0 Å². The summed E-state index contributed by atoms with van der Waals surface area (Å²) in [5, 5.41) is 0. The minimum absolute atomic E-state index is 0.0600. The molecule has 0 bridgehead atoms. The first-order valence-corrected chi connectivity index (χ1v) is 2.70. The van der Waals surface area contributed by atoms with Crippen molar-refractivity contribution < 1.29 is 13.9 Å². The Labute approximate surface area is 48.3 Å². The van der Waals surface area contributed by atoms with E-state index in [1.807, 2.05) is 0 Å². The molecule has 0 atom stereocenters. The molecule has 0 fully saturated rings. The Kier molecular flexibility index (Phi) is 4.65. The Morgan fingerprint density at radius 3 is 2.75 bits per heavy atom. The molecule has 0 aliphatic heterocycles. The normalized spacial score (nSPS) is 9.62. The lowest BCUT2D eigenvalue weighted by atomic mass is 10.4. The molecule has 0 aliphatic rings. The zero-order valence-electron chi connectivity index (χ0n) is 4.16. The van der Waals surface area contributed by atoms with Crippen molar-refractivity contribution in [3.05, 3.63) is 0 Å². The van der Waals surface area contributed by atoms with E-state index in [1.54, 1.807) is 0 Å². The third kappa shape index (κ3) is 3.87. The van der Waals surface area contributed by atoms with Gasteiger partial charge >= 0.3 is 8.69 Å². The van der Waals surface area contributed by atoms with Gasteiger partial charge in [0, 0.05) is 0 Å². The molecule has 0 saturated heterocycles.